The standard InChI is InChI=1S/C11H11N3O2S/c1-17(15,16)10-5-4-8(7-14-10)9-3-2-6-13-11(9)12/h2-7H,1H3,(H2,12,13). The van der Waals surface area contributed by atoms with Crippen LogP contribution in [0, 0.1) is 0 Å². The number of hydrogen-bond acceptors (Lipinski definition) is 5. The van der Waals surface area contributed by atoms with Crippen molar-refractivity contribution in [3.8, 4) is 11.1 Å². The van der Waals surface area contributed by atoms with E-state index in [-0.39, 0.29) is 5.03 Å². The number of nitrogen functional groups attached to an aromatic ring is 1. The van der Waals surface area contributed by atoms with Gasteiger partial charge in [-0.2, -0.15) is 0 Å². The van der Waals surface area contributed by atoms with Gasteiger partial charge < -0.3 is 5.73 Å². The smallest absolute Gasteiger partial charge is 0.192 e. The van der Waals surface area contributed by atoms with E-state index in [1.165, 1.54) is 12.3 Å². The van der Waals surface area contributed by atoms with E-state index in [4.69, 9.17) is 5.73 Å². The van der Waals surface area contributed by atoms with Crippen molar-refractivity contribution < 1.29 is 8.42 Å². The molecule has 0 amide bonds. The molecule has 88 valence electrons. The number of nitrogens with zero attached hydrogens (tertiary/aromatic N) is 2. The second-order valence-corrected chi connectivity index (χ2v) is 5.56. The van der Waals surface area contributed by atoms with Crippen molar-refractivity contribution in [3.63, 3.8) is 0 Å². The summed E-state index contributed by atoms with van der Waals surface area (Å²) in [5, 5.41) is 0.0451. The van der Waals surface area contributed by atoms with Crippen molar-refractivity contribution in [2.75, 3.05) is 12.0 Å². The van der Waals surface area contributed by atoms with Crippen LogP contribution in [0.25, 0.3) is 11.1 Å². The van der Waals surface area contributed by atoms with Gasteiger partial charge in [0.25, 0.3) is 0 Å². The molecule has 0 spiro atoms. The molecule has 5 nitrogen and oxygen atoms in total. The molecule has 0 fully saturated rings. The normalized spacial score (nSPS) is 11.4. The molecule has 2 aromatic rings. The Labute approximate surface area is 99.3 Å². The summed E-state index contributed by atoms with van der Waals surface area (Å²) >= 11 is 0. The van der Waals surface area contributed by atoms with Gasteiger partial charge in [-0.3, -0.25) is 0 Å². The minimum atomic E-state index is -3.27. The molecule has 0 saturated carbocycles. The molecule has 0 atom stereocenters. The Balaban J connectivity index is 2.47. The van der Waals surface area contributed by atoms with Crippen LogP contribution < -0.4 is 5.73 Å². The summed E-state index contributed by atoms with van der Waals surface area (Å²) in [6, 6.07) is 6.68. The van der Waals surface area contributed by atoms with Crippen LogP contribution in [0.3, 0.4) is 0 Å². The minimum Gasteiger partial charge on any atom is -0.383 e. The predicted octanol–water partition coefficient (Wildman–Crippen LogP) is 1.13. The molecule has 2 N–H and O–H groups in total. The Bertz CT molecular complexity index is 636. The number of hydrogen-bond donors (Lipinski definition) is 1. The zero-order chi connectivity index (χ0) is 12.5. The second kappa shape index (κ2) is 4.14. The van der Waals surface area contributed by atoms with E-state index >= 15 is 0 Å². The molecule has 6 heteroatoms. The molecule has 2 rings (SSSR count). The highest BCUT2D eigenvalue weighted by Gasteiger charge is 2.09. The summed E-state index contributed by atoms with van der Waals surface area (Å²) in [6.45, 7) is 0. The first-order valence-corrected chi connectivity index (χ1v) is 6.74. The topological polar surface area (TPSA) is 85.9 Å². The Morgan fingerprint density at radius 3 is 2.47 bits per heavy atom. The molecule has 0 bridgehead atoms. The van der Waals surface area contributed by atoms with Gasteiger partial charge in [0.1, 0.15) is 5.82 Å². The summed E-state index contributed by atoms with van der Waals surface area (Å²) in [6.07, 6.45) is 4.19. The lowest BCUT2D eigenvalue weighted by Gasteiger charge is -2.04. The van der Waals surface area contributed by atoms with Gasteiger partial charge in [0.15, 0.2) is 14.9 Å². The Kier molecular flexibility index (Phi) is 2.81. The molecule has 0 aliphatic rings. The van der Waals surface area contributed by atoms with Crippen LogP contribution in [0.5, 0.6) is 0 Å². The van der Waals surface area contributed by atoms with Gasteiger partial charge in [-0.15, -0.1) is 0 Å². The molecule has 0 unspecified atom stereocenters. The molecule has 0 aliphatic heterocycles. The maximum absolute atomic E-state index is 11.2. The third kappa shape index (κ3) is 2.42. The van der Waals surface area contributed by atoms with Crippen LogP contribution >= 0.6 is 0 Å². The first kappa shape index (κ1) is 11.5. The lowest BCUT2D eigenvalue weighted by molar-refractivity contribution is 0.598. The Morgan fingerprint density at radius 2 is 1.94 bits per heavy atom. The van der Waals surface area contributed by atoms with Gasteiger partial charge in [-0.05, 0) is 24.3 Å². The van der Waals surface area contributed by atoms with Crippen molar-refractivity contribution in [1.29, 1.82) is 0 Å². The second-order valence-electron chi connectivity index (χ2n) is 3.59. The highest BCUT2D eigenvalue weighted by Crippen LogP contribution is 2.23. The maximum atomic E-state index is 11.2. The summed E-state index contributed by atoms with van der Waals surface area (Å²) in [7, 11) is -3.27. The maximum Gasteiger partial charge on any atom is 0.192 e. The number of nitrogens with two attached hydrogens (primary N) is 1. The van der Waals surface area contributed by atoms with Crippen LogP contribution in [-0.2, 0) is 9.84 Å². The lowest BCUT2D eigenvalue weighted by atomic mass is 10.1. The fourth-order valence-electron chi connectivity index (χ4n) is 1.42. The van der Waals surface area contributed by atoms with Crippen molar-refractivity contribution in [3.05, 3.63) is 36.7 Å². The molecule has 0 aliphatic carbocycles. The van der Waals surface area contributed by atoms with Gasteiger partial charge in [0, 0.05) is 29.8 Å². The van der Waals surface area contributed by atoms with Gasteiger partial charge in [-0.25, -0.2) is 18.4 Å². The van der Waals surface area contributed by atoms with Crippen LogP contribution in [0.2, 0.25) is 0 Å². The quantitative estimate of drug-likeness (QED) is 0.862. The average molecular weight is 249 g/mol. The summed E-state index contributed by atoms with van der Waals surface area (Å²) < 4.78 is 22.5. The van der Waals surface area contributed by atoms with E-state index in [1.54, 1.807) is 24.4 Å². The summed E-state index contributed by atoms with van der Waals surface area (Å²) in [5.41, 5.74) is 7.19. The van der Waals surface area contributed by atoms with Crippen LogP contribution in [-0.4, -0.2) is 24.6 Å². The fourth-order valence-corrected chi connectivity index (χ4v) is 1.98. The molecule has 0 saturated heterocycles. The third-order valence-electron chi connectivity index (χ3n) is 2.27. The van der Waals surface area contributed by atoms with Crippen molar-refractivity contribution >= 4 is 15.7 Å². The molecular formula is C11H11N3O2S. The highest BCUT2D eigenvalue weighted by molar-refractivity contribution is 7.90. The van der Waals surface area contributed by atoms with Gasteiger partial charge >= 0.3 is 0 Å². The number of aromatic nitrogens is 2. The highest BCUT2D eigenvalue weighted by atomic mass is 32.2. The Morgan fingerprint density at radius 1 is 1.18 bits per heavy atom. The summed E-state index contributed by atoms with van der Waals surface area (Å²) in [5.74, 6) is 0.390. The molecule has 17 heavy (non-hydrogen) atoms. The number of pyridine rings is 2. The average Bonchev–Trinajstić information content (AvgIpc) is 2.29. The van der Waals surface area contributed by atoms with Gasteiger partial charge in [0.2, 0.25) is 0 Å². The zero-order valence-corrected chi connectivity index (χ0v) is 9.98. The zero-order valence-electron chi connectivity index (χ0n) is 9.16. The summed E-state index contributed by atoms with van der Waals surface area (Å²) in [4.78, 5) is 7.85. The van der Waals surface area contributed by atoms with Crippen molar-refractivity contribution in [2.24, 2.45) is 0 Å². The Hall–Kier alpha value is -1.95. The van der Waals surface area contributed by atoms with Crippen molar-refractivity contribution in [1.82, 2.24) is 9.97 Å². The van der Waals surface area contributed by atoms with E-state index in [0.717, 1.165) is 17.4 Å². The number of sulfone groups is 1. The van der Waals surface area contributed by atoms with E-state index < -0.39 is 9.84 Å². The van der Waals surface area contributed by atoms with Crippen molar-refractivity contribution in [2.45, 2.75) is 5.03 Å². The van der Waals surface area contributed by atoms with E-state index in [0.29, 0.717) is 5.82 Å². The van der Waals surface area contributed by atoms with Gasteiger partial charge in [-0.1, -0.05) is 0 Å². The SMILES string of the molecule is CS(=O)(=O)c1ccc(-c2cccnc2N)cn1. The third-order valence-corrected chi connectivity index (χ3v) is 3.27. The molecule has 0 aromatic carbocycles. The first-order valence-electron chi connectivity index (χ1n) is 4.85. The van der Waals surface area contributed by atoms with Crippen LogP contribution in [0.15, 0.2) is 41.7 Å². The minimum absolute atomic E-state index is 0.0451. The van der Waals surface area contributed by atoms with E-state index in [1.807, 2.05) is 0 Å². The van der Waals surface area contributed by atoms with Gasteiger partial charge in [0.05, 0.1) is 0 Å². The fraction of sp³-hybridized carbons (Fsp3) is 0.0909. The molecular weight excluding hydrogens is 238 g/mol. The first-order chi connectivity index (χ1) is 7.98. The van der Waals surface area contributed by atoms with E-state index in [9.17, 15) is 8.42 Å². The molecule has 2 aromatic heterocycles. The molecule has 0 radical (unpaired) electrons. The molecule has 2 heterocycles. The monoisotopic (exact) mass is 249 g/mol. The number of anilines is 1. The number of rotatable bonds is 2. The van der Waals surface area contributed by atoms with Crippen LogP contribution in [0.1, 0.15) is 0 Å². The van der Waals surface area contributed by atoms with Crippen LogP contribution in [0.4, 0.5) is 5.82 Å². The largest absolute Gasteiger partial charge is 0.383 e. The lowest BCUT2D eigenvalue weighted by Crippen LogP contribution is -2.00. The predicted molar refractivity (Wildman–Crippen MR) is 65.0 cm³/mol. The van der Waals surface area contributed by atoms with E-state index in [2.05, 4.69) is 9.97 Å².